The number of nitrogens with zero attached hydrogens (tertiary/aromatic N) is 1. The number of fused-ring (bicyclic) bond motifs is 4. The Morgan fingerprint density at radius 1 is 0.661 bits per heavy atom. The molecule has 1 heterocycles. The molecule has 0 saturated heterocycles. The van der Waals surface area contributed by atoms with Gasteiger partial charge in [-0.25, -0.2) is 4.99 Å². The number of ether oxygens (including phenoxy) is 1. The quantitative estimate of drug-likeness (QED) is 0.190. The fraction of sp³-hybridized carbons (Fsp3) is 0.519. The summed E-state index contributed by atoms with van der Waals surface area (Å²) in [5.74, 6) is 1.32. The first-order chi connectivity index (χ1) is 26.1. The zero-order valence-corrected chi connectivity index (χ0v) is 38.0. The maximum absolute atomic E-state index is 6.11. The minimum Gasteiger partial charge on any atom is -0.477 e. The number of nitrogens with one attached hydrogen (secondary N) is 1. The molecule has 0 saturated carbocycles. The van der Waals surface area contributed by atoms with Crippen LogP contribution in [0.15, 0.2) is 77.8 Å². The van der Waals surface area contributed by atoms with Crippen LogP contribution in [0.4, 0.5) is 5.69 Å². The van der Waals surface area contributed by atoms with Crippen LogP contribution in [-0.4, -0.2) is 25.1 Å². The van der Waals surface area contributed by atoms with Gasteiger partial charge in [0.05, 0.1) is 12.6 Å². The maximum Gasteiger partial charge on any atom is 0.203 e. The van der Waals surface area contributed by atoms with Crippen molar-refractivity contribution in [2.24, 2.45) is 10.9 Å². The molecule has 1 N–H and O–H groups in total. The molecule has 0 unspecified atom stereocenters. The third-order valence-electron chi connectivity index (χ3n) is 12.9. The number of benzene rings is 4. The molecule has 2 aliphatic carbocycles. The van der Waals surface area contributed by atoms with Crippen molar-refractivity contribution in [1.82, 2.24) is 0 Å². The van der Waals surface area contributed by atoms with E-state index >= 15 is 0 Å². The average molecular weight is 769 g/mol. The first kappa shape index (κ1) is 40.8. The highest BCUT2D eigenvalue weighted by atomic mass is 31.1. The molecule has 1 spiro atoms. The Kier molecular flexibility index (Phi) is 10.5. The lowest BCUT2D eigenvalue weighted by Crippen LogP contribution is -2.34. The second kappa shape index (κ2) is 14.4. The Morgan fingerprint density at radius 3 is 1.57 bits per heavy atom. The van der Waals surface area contributed by atoms with Gasteiger partial charge >= 0.3 is 0 Å². The first-order valence-corrected chi connectivity index (χ1v) is 22.7. The third-order valence-corrected chi connectivity index (χ3v) is 15.3. The maximum atomic E-state index is 6.11. The van der Waals surface area contributed by atoms with Gasteiger partial charge in [0.1, 0.15) is 6.61 Å². The van der Waals surface area contributed by atoms with E-state index in [2.05, 4.69) is 175 Å². The van der Waals surface area contributed by atoms with Gasteiger partial charge in [-0.05, 0) is 128 Å². The molecule has 0 aromatic heterocycles. The van der Waals surface area contributed by atoms with Gasteiger partial charge < -0.3 is 10.1 Å². The molecular weight excluding hydrogens is 700 g/mol. The van der Waals surface area contributed by atoms with Gasteiger partial charge in [0.25, 0.3) is 0 Å². The van der Waals surface area contributed by atoms with E-state index in [1.54, 1.807) is 5.56 Å². The molecule has 2 atom stereocenters. The molecule has 56 heavy (non-hydrogen) atoms. The molecule has 0 bridgehead atoms. The zero-order chi connectivity index (χ0) is 40.6. The molecule has 0 fully saturated rings. The van der Waals surface area contributed by atoms with Crippen LogP contribution in [0.5, 0.6) is 0 Å². The molecule has 1 aliphatic heterocycles. The molecular formula is C52H69N2OP. The fourth-order valence-electron chi connectivity index (χ4n) is 9.19. The summed E-state index contributed by atoms with van der Waals surface area (Å²) in [7, 11) is -0.929. The predicted molar refractivity (Wildman–Crippen MR) is 244 cm³/mol. The van der Waals surface area contributed by atoms with Crippen molar-refractivity contribution in [2.45, 2.75) is 156 Å². The summed E-state index contributed by atoms with van der Waals surface area (Å²) in [6.07, 6.45) is 4.50. The Morgan fingerprint density at radius 2 is 1.12 bits per heavy atom. The lowest BCUT2D eigenvalue weighted by molar-refractivity contribution is 0.289. The lowest BCUT2D eigenvalue weighted by atomic mass is 9.76. The Balaban J connectivity index is 1.47. The summed E-state index contributed by atoms with van der Waals surface area (Å²) in [6, 6.07) is 29.9. The predicted octanol–water partition coefficient (Wildman–Crippen LogP) is 11.7. The van der Waals surface area contributed by atoms with Crippen molar-refractivity contribution in [3.05, 3.63) is 117 Å². The number of anilines is 1. The average Bonchev–Trinajstić information content (AvgIpc) is 3.84. The highest BCUT2D eigenvalue weighted by Crippen LogP contribution is 2.56. The summed E-state index contributed by atoms with van der Waals surface area (Å²) in [5, 5.41) is 8.37. The normalized spacial score (nSPS) is 19.8. The van der Waals surface area contributed by atoms with E-state index in [4.69, 9.17) is 9.73 Å². The van der Waals surface area contributed by atoms with E-state index < -0.39 is 7.92 Å². The van der Waals surface area contributed by atoms with Gasteiger partial charge in [-0.1, -0.05) is 164 Å². The van der Waals surface area contributed by atoms with Crippen LogP contribution in [0.25, 0.3) is 0 Å². The van der Waals surface area contributed by atoms with Gasteiger partial charge in [-0.15, -0.1) is 0 Å². The van der Waals surface area contributed by atoms with Crippen LogP contribution < -0.4 is 21.2 Å². The second-order valence-electron chi connectivity index (χ2n) is 21.6. The third kappa shape index (κ3) is 7.76. The SMILES string of the molecule is CC(C)[C@@H]1COC(CNc2cccc3c2[C@@]2(CC3)CCc3cccc(P(c4cc(C(C)(C)C)cc(C(C)(C)C)c4)c4cc(C(C)(C)C)cc(C(C)(C)C)c4)c32)=N1. The van der Waals surface area contributed by atoms with Gasteiger partial charge in [0, 0.05) is 11.1 Å². The standard InChI is InChI=1S/C52H69N2OP/c1-33(2)43-32-55-45(54-43)31-53-42-19-15-17-34-21-23-52(46(34)42)24-22-35-18-16-20-44(47(35)52)56(40-27-36(48(3,4)5)25-37(28-40)49(6,7)8)41-29-38(50(9,10)11)26-39(30-41)51(12,13)14/h15-20,25-30,33,43,53H,21-24,31-32H2,1-14H3/t43-,52+/m0/s1. The monoisotopic (exact) mass is 769 g/mol. The van der Waals surface area contributed by atoms with Crippen molar-refractivity contribution >= 4 is 35.4 Å². The summed E-state index contributed by atoms with van der Waals surface area (Å²) >= 11 is 0. The van der Waals surface area contributed by atoms with Crippen molar-refractivity contribution in [3.8, 4) is 0 Å². The molecule has 4 aromatic carbocycles. The van der Waals surface area contributed by atoms with Crippen molar-refractivity contribution < 1.29 is 4.74 Å². The Hall–Kier alpha value is -3.42. The molecule has 4 aromatic rings. The van der Waals surface area contributed by atoms with E-state index in [1.165, 1.54) is 60.5 Å². The molecule has 7 rings (SSSR count). The van der Waals surface area contributed by atoms with Gasteiger partial charge in [-0.2, -0.15) is 0 Å². The number of aliphatic imine (C=N–C) groups is 1. The number of hydrogen-bond acceptors (Lipinski definition) is 3. The Labute approximate surface area is 341 Å². The van der Waals surface area contributed by atoms with Gasteiger partial charge in [0.15, 0.2) is 0 Å². The molecule has 0 radical (unpaired) electrons. The van der Waals surface area contributed by atoms with Crippen LogP contribution in [-0.2, 0) is 44.7 Å². The van der Waals surface area contributed by atoms with E-state index in [-0.39, 0.29) is 33.1 Å². The van der Waals surface area contributed by atoms with Crippen LogP contribution in [0.3, 0.4) is 0 Å². The fourth-order valence-corrected chi connectivity index (χ4v) is 11.9. The minimum atomic E-state index is -0.929. The second-order valence-corrected chi connectivity index (χ2v) is 23.8. The van der Waals surface area contributed by atoms with Crippen LogP contribution in [0, 0.1) is 5.92 Å². The number of rotatable bonds is 7. The largest absolute Gasteiger partial charge is 0.477 e. The lowest BCUT2D eigenvalue weighted by Gasteiger charge is -2.35. The first-order valence-electron chi connectivity index (χ1n) is 21.4. The summed E-state index contributed by atoms with van der Waals surface area (Å²) in [6.45, 7) is 34.3. The molecule has 298 valence electrons. The van der Waals surface area contributed by atoms with Crippen LogP contribution >= 0.6 is 7.92 Å². The van der Waals surface area contributed by atoms with Crippen LogP contribution in [0.2, 0.25) is 0 Å². The van der Waals surface area contributed by atoms with E-state index in [0.717, 1.165) is 31.6 Å². The van der Waals surface area contributed by atoms with Gasteiger partial charge in [-0.3, -0.25) is 0 Å². The smallest absolute Gasteiger partial charge is 0.203 e. The zero-order valence-electron chi connectivity index (χ0n) is 37.1. The molecule has 4 heteroatoms. The minimum absolute atomic E-state index is 0.0220. The molecule has 3 aliphatic rings. The van der Waals surface area contributed by atoms with E-state index in [0.29, 0.717) is 19.1 Å². The number of hydrogen-bond donors (Lipinski definition) is 1. The Bertz CT molecular complexity index is 2000. The highest BCUT2D eigenvalue weighted by molar-refractivity contribution is 7.80. The summed E-state index contributed by atoms with van der Waals surface area (Å²) in [5.41, 5.74) is 13.1. The number of aryl methyl sites for hydroxylation is 2. The van der Waals surface area contributed by atoms with Crippen molar-refractivity contribution in [2.75, 3.05) is 18.5 Å². The summed E-state index contributed by atoms with van der Waals surface area (Å²) in [4.78, 5) is 4.96. The summed E-state index contributed by atoms with van der Waals surface area (Å²) < 4.78 is 6.11. The molecule has 3 nitrogen and oxygen atoms in total. The molecule has 0 amide bonds. The van der Waals surface area contributed by atoms with Crippen LogP contribution in [0.1, 0.15) is 154 Å². The van der Waals surface area contributed by atoms with Crippen molar-refractivity contribution in [1.29, 1.82) is 0 Å². The topological polar surface area (TPSA) is 33.6 Å². The van der Waals surface area contributed by atoms with Crippen molar-refractivity contribution in [3.63, 3.8) is 0 Å². The van der Waals surface area contributed by atoms with E-state index in [1.807, 2.05) is 0 Å². The van der Waals surface area contributed by atoms with Gasteiger partial charge in [0.2, 0.25) is 5.90 Å². The highest BCUT2D eigenvalue weighted by Gasteiger charge is 2.48. The van der Waals surface area contributed by atoms with E-state index in [9.17, 15) is 0 Å².